The van der Waals surface area contributed by atoms with Gasteiger partial charge in [0.05, 0.1) is 17.9 Å². The summed E-state index contributed by atoms with van der Waals surface area (Å²) >= 11 is 7.04. The number of allylic oxidation sites excluding steroid dienone is 1. The largest absolute Gasteiger partial charge is 0.444 e. The lowest BCUT2D eigenvalue weighted by Crippen LogP contribution is -2.65. The highest BCUT2D eigenvalue weighted by Crippen LogP contribution is 2.58. The summed E-state index contributed by atoms with van der Waals surface area (Å²) in [5, 5.41) is 0. The maximum absolute atomic E-state index is 13.6. The van der Waals surface area contributed by atoms with E-state index in [9.17, 15) is 18.0 Å². The van der Waals surface area contributed by atoms with Crippen LogP contribution in [-0.4, -0.2) is 65.0 Å². The number of carbonyl (C=O) groups is 2. The molecule has 4 fully saturated rings. The lowest BCUT2D eigenvalue weighted by atomic mass is 9.53. The molecule has 1 atom stereocenters. The third kappa shape index (κ3) is 11.4. The van der Waals surface area contributed by atoms with Gasteiger partial charge in [0, 0.05) is 38.4 Å². The van der Waals surface area contributed by atoms with Crippen molar-refractivity contribution in [3.63, 3.8) is 0 Å². The van der Waals surface area contributed by atoms with E-state index in [1.165, 1.54) is 5.56 Å². The van der Waals surface area contributed by atoms with E-state index in [1.807, 2.05) is 112 Å². The molecule has 4 bridgehead atoms. The van der Waals surface area contributed by atoms with Crippen molar-refractivity contribution in [2.45, 2.75) is 152 Å². The Bertz CT molecular complexity index is 2410. The standard InChI is InChI=1S/C27H34BrNO5S.C26H30BrNO2/c1-25(2,3)33-24(30)29(19-20-8-6-5-7-9-20)26-14-16-27(17-15-26,21-10-12-22(28)13-11-21)23(18-26)34-35(4,31)32;1-24(2,3)30-23(29)28(19-20-7-5-4-6-8-20)26-16-13-25(14-17-26,15-18-26)21-9-11-22(27)12-10-21/h5-13,23H,14-19H2,1-4H3;4-13,16H,14-15,17-19H2,1-3H3. The molecule has 0 saturated heterocycles. The summed E-state index contributed by atoms with van der Waals surface area (Å²) in [6.45, 7) is 12.3. The van der Waals surface area contributed by atoms with Crippen molar-refractivity contribution in [3.8, 4) is 0 Å². The number of hydrogen-bond acceptors (Lipinski definition) is 7. The fourth-order valence-corrected chi connectivity index (χ4v) is 11.7. The molecule has 4 aromatic carbocycles. The molecule has 6 aliphatic rings. The topological polar surface area (TPSA) is 102 Å². The van der Waals surface area contributed by atoms with Crippen LogP contribution < -0.4 is 0 Å². The number of fused-ring (bicyclic) bond motifs is 5. The number of halogens is 2. The second kappa shape index (κ2) is 19.0. The second-order valence-electron chi connectivity index (χ2n) is 20.6. The van der Waals surface area contributed by atoms with Gasteiger partial charge in [0.15, 0.2) is 0 Å². The molecule has 10 rings (SSSR count). The molecule has 65 heavy (non-hydrogen) atoms. The zero-order valence-electron chi connectivity index (χ0n) is 38.8. The molecule has 1 unspecified atom stereocenters. The Morgan fingerprint density at radius 3 is 1.48 bits per heavy atom. The Labute approximate surface area is 403 Å². The highest BCUT2D eigenvalue weighted by molar-refractivity contribution is 9.10. The highest BCUT2D eigenvalue weighted by atomic mass is 79.9. The SMILES string of the molecule is CC(C)(C)OC(=O)N(Cc1ccccc1)C12C=CC(c3ccc(Br)cc3)(CC1)CC2.CC(C)(C)OC(=O)N(Cc1ccccc1)C12CCC(c3ccc(Br)cc3)(CC1)C(OS(C)(=O)=O)C2. The van der Waals surface area contributed by atoms with Gasteiger partial charge < -0.3 is 9.47 Å². The average molecular weight is 1030 g/mol. The molecule has 9 nitrogen and oxygen atoms in total. The zero-order chi connectivity index (χ0) is 46.9. The van der Waals surface area contributed by atoms with Crippen LogP contribution in [0.15, 0.2) is 130 Å². The summed E-state index contributed by atoms with van der Waals surface area (Å²) in [6.07, 6.45) is 11.9. The first-order valence-corrected chi connectivity index (χ1v) is 26.1. The van der Waals surface area contributed by atoms with Gasteiger partial charge in [0.1, 0.15) is 11.2 Å². The summed E-state index contributed by atoms with van der Waals surface area (Å²) in [4.78, 5) is 30.7. The molecule has 4 saturated carbocycles. The number of hydrogen-bond donors (Lipinski definition) is 0. The molecule has 0 radical (unpaired) electrons. The molecule has 0 aliphatic heterocycles. The lowest BCUT2D eigenvalue weighted by molar-refractivity contribution is -0.0918. The fourth-order valence-electron chi connectivity index (χ4n) is 10.5. The number of ether oxygens (including phenoxy) is 2. The van der Waals surface area contributed by atoms with Crippen LogP contribution in [0.2, 0.25) is 0 Å². The van der Waals surface area contributed by atoms with E-state index in [2.05, 4.69) is 92.5 Å². The average Bonchev–Trinajstić information content (AvgIpc) is 3.25. The van der Waals surface area contributed by atoms with E-state index in [1.54, 1.807) is 0 Å². The molecule has 348 valence electrons. The quantitative estimate of drug-likeness (QED) is 0.115. The number of nitrogens with zero attached hydrogens (tertiary/aromatic N) is 2. The van der Waals surface area contributed by atoms with Crippen molar-refractivity contribution < 1.29 is 31.7 Å². The van der Waals surface area contributed by atoms with E-state index in [0.717, 1.165) is 83.3 Å². The normalized spacial score (nSPS) is 25.8. The van der Waals surface area contributed by atoms with Crippen LogP contribution in [0, 0.1) is 0 Å². The van der Waals surface area contributed by atoms with E-state index in [-0.39, 0.29) is 23.1 Å². The van der Waals surface area contributed by atoms with E-state index < -0.39 is 38.4 Å². The van der Waals surface area contributed by atoms with Gasteiger partial charge in [0.25, 0.3) is 10.1 Å². The first-order chi connectivity index (χ1) is 30.5. The van der Waals surface area contributed by atoms with Gasteiger partial charge in [-0.25, -0.2) is 9.59 Å². The van der Waals surface area contributed by atoms with E-state index in [4.69, 9.17) is 13.7 Å². The smallest absolute Gasteiger partial charge is 0.411 e. The Balaban J connectivity index is 0.000000196. The van der Waals surface area contributed by atoms with Gasteiger partial charge in [-0.1, -0.05) is 129 Å². The molecule has 4 aromatic rings. The fraction of sp³-hybridized carbons (Fsp3) is 0.472. The first-order valence-electron chi connectivity index (χ1n) is 22.7. The van der Waals surface area contributed by atoms with Crippen molar-refractivity contribution >= 4 is 54.2 Å². The maximum atomic E-state index is 13.6. The number of carbonyl (C=O) groups excluding carboxylic acids is 2. The van der Waals surface area contributed by atoms with Crippen LogP contribution in [0.5, 0.6) is 0 Å². The number of amides is 2. The minimum absolute atomic E-state index is 0.0782. The maximum Gasteiger partial charge on any atom is 0.411 e. The van der Waals surface area contributed by atoms with Crippen LogP contribution in [0.1, 0.15) is 122 Å². The summed E-state index contributed by atoms with van der Waals surface area (Å²) < 4.78 is 44.3. The summed E-state index contributed by atoms with van der Waals surface area (Å²) in [6, 6.07) is 36.8. The molecule has 0 heterocycles. The van der Waals surface area contributed by atoms with Crippen LogP contribution in [-0.2, 0) is 47.7 Å². The van der Waals surface area contributed by atoms with Gasteiger partial charge in [-0.15, -0.1) is 0 Å². The van der Waals surface area contributed by atoms with Gasteiger partial charge in [-0.05, 0) is 146 Å². The minimum atomic E-state index is -3.70. The van der Waals surface area contributed by atoms with Crippen LogP contribution >= 0.6 is 31.9 Å². The first kappa shape index (κ1) is 48.9. The predicted octanol–water partition coefficient (Wildman–Crippen LogP) is 13.2. The van der Waals surface area contributed by atoms with Crippen LogP contribution in [0.4, 0.5) is 9.59 Å². The molecule has 12 heteroatoms. The van der Waals surface area contributed by atoms with Crippen molar-refractivity contribution in [2.75, 3.05) is 6.26 Å². The lowest BCUT2D eigenvalue weighted by Gasteiger charge is -2.60. The number of benzene rings is 4. The van der Waals surface area contributed by atoms with Gasteiger partial charge in [0.2, 0.25) is 0 Å². The van der Waals surface area contributed by atoms with Gasteiger partial charge in [-0.2, -0.15) is 8.42 Å². The summed E-state index contributed by atoms with van der Waals surface area (Å²) in [7, 11) is -3.70. The van der Waals surface area contributed by atoms with Crippen LogP contribution in [0.3, 0.4) is 0 Å². The molecule has 6 aliphatic carbocycles. The molecule has 0 N–H and O–H groups in total. The van der Waals surface area contributed by atoms with Crippen molar-refractivity contribution in [1.29, 1.82) is 0 Å². The third-order valence-corrected chi connectivity index (χ3v) is 15.4. The van der Waals surface area contributed by atoms with Crippen molar-refractivity contribution in [2.24, 2.45) is 0 Å². The summed E-state index contributed by atoms with van der Waals surface area (Å²) in [5.74, 6) is 0. The Kier molecular flexibility index (Phi) is 14.3. The molecular weight excluding hydrogens is 968 g/mol. The monoisotopic (exact) mass is 1030 g/mol. The summed E-state index contributed by atoms with van der Waals surface area (Å²) in [5.41, 5.74) is 2.24. The predicted molar refractivity (Wildman–Crippen MR) is 264 cm³/mol. The zero-order valence-corrected chi connectivity index (χ0v) is 42.8. The molecule has 0 spiro atoms. The van der Waals surface area contributed by atoms with Crippen molar-refractivity contribution in [1.82, 2.24) is 9.80 Å². The van der Waals surface area contributed by atoms with Gasteiger partial charge >= 0.3 is 12.2 Å². The molecular formula is C53H64Br2N2O7S. The van der Waals surface area contributed by atoms with E-state index >= 15 is 0 Å². The number of rotatable bonds is 10. The second-order valence-corrected chi connectivity index (χ2v) is 24.0. The third-order valence-electron chi connectivity index (χ3n) is 13.8. The Morgan fingerprint density at radius 2 is 1.05 bits per heavy atom. The van der Waals surface area contributed by atoms with Crippen molar-refractivity contribution in [3.05, 3.63) is 153 Å². The van der Waals surface area contributed by atoms with Gasteiger partial charge in [-0.3, -0.25) is 14.0 Å². The van der Waals surface area contributed by atoms with E-state index in [0.29, 0.717) is 19.5 Å². The molecule has 0 aromatic heterocycles. The molecule has 2 amide bonds. The minimum Gasteiger partial charge on any atom is -0.444 e. The van der Waals surface area contributed by atoms with Crippen LogP contribution in [0.25, 0.3) is 0 Å². The Morgan fingerprint density at radius 1 is 0.600 bits per heavy atom. The highest BCUT2D eigenvalue weighted by Gasteiger charge is 2.60. The Hall–Kier alpha value is -3.97.